The van der Waals surface area contributed by atoms with Crippen molar-refractivity contribution < 1.29 is 9.53 Å². The van der Waals surface area contributed by atoms with Gasteiger partial charge in [0.25, 0.3) is 5.95 Å². The molecule has 2 N–H and O–H groups in total. The second kappa shape index (κ2) is 7.54. The lowest BCUT2D eigenvalue weighted by Crippen LogP contribution is -2.11. The normalized spacial score (nSPS) is 10.3. The summed E-state index contributed by atoms with van der Waals surface area (Å²) in [5, 5.41) is 10.5. The Labute approximate surface area is 131 Å². The van der Waals surface area contributed by atoms with E-state index >= 15 is 0 Å². The third-order valence-electron chi connectivity index (χ3n) is 2.40. The van der Waals surface area contributed by atoms with Crippen LogP contribution in [0.25, 0.3) is 5.95 Å². The van der Waals surface area contributed by atoms with E-state index in [4.69, 9.17) is 0 Å². The Kier molecular flexibility index (Phi) is 5.47. The van der Waals surface area contributed by atoms with Crippen LogP contribution in [-0.4, -0.2) is 62.1 Å². The van der Waals surface area contributed by atoms with Gasteiger partial charge in [0.1, 0.15) is 6.33 Å². The lowest BCUT2D eigenvalue weighted by atomic mass is 10.7. The van der Waals surface area contributed by atoms with Gasteiger partial charge in [0.15, 0.2) is 0 Å². The quantitative estimate of drug-likeness (QED) is 0.539. The van der Waals surface area contributed by atoms with E-state index in [1.54, 1.807) is 7.05 Å². The number of ether oxygens (including phenoxy) is 1. The first-order chi connectivity index (χ1) is 10.7. The van der Waals surface area contributed by atoms with Gasteiger partial charge in [-0.15, -0.1) is 5.10 Å². The Hall–Kier alpha value is -2.43. The second-order valence-electron chi connectivity index (χ2n) is 3.90. The number of carbonyl (C=O) groups is 1. The summed E-state index contributed by atoms with van der Waals surface area (Å²) >= 11 is 1.17. The second-order valence-corrected chi connectivity index (χ2v) is 4.84. The minimum Gasteiger partial charge on any atom is -0.468 e. The molecule has 0 atom stereocenters. The van der Waals surface area contributed by atoms with Gasteiger partial charge in [0.05, 0.1) is 12.9 Å². The fourth-order valence-electron chi connectivity index (χ4n) is 1.41. The molecule has 22 heavy (non-hydrogen) atoms. The Morgan fingerprint density at radius 2 is 2.14 bits per heavy atom. The van der Waals surface area contributed by atoms with Crippen LogP contribution in [0.5, 0.6) is 0 Å². The number of hydrogen-bond acceptors (Lipinski definition) is 10. The van der Waals surface area contributed by atoms with Crippen LogP contribution >= 0.6 is 11.8 Å². The SMILES string of the molecule is CCNc1nc(NC)nc(-n2cnc(SCC(=O)OC)n2)n1. The molecule has 0 saturated heterocycles. The van der Waals surface area contributed by atoms with Crippen molar-refractivity contribution in [1.29, 1.82) is 0 Å². The van der Waals surface area contributed by atoms with Gasteiger partial charge < -0.3 is 15.4 Å². The summed E-state index contributed by atoms with van der Waals surface area (Å²) < 4.78 is 5.98. The van der Waals surface area contributed by atoms with E-state index in [-0.39, 0.29) is 11.7 Å². The number of nitrogens with zero attached hydrogens (tertiary/aromatic N) is 6. The van der Waals surface area contributed by atoms with Crippen molar-refractivity contribution >= 4 is 29.6 Å². The first-order valence-corrected chi connectivity index (χ1v) is 7.44. The van der Waals surface area contributed by atoms with E-state index in [0.717, 1.165) is 0 Å². The molecule has 0 saturated carbocycles. The highest BCUT2D eigenvalue weighted by molar-refractivity contribution is 7.99. The van der Waals surface area contributed by atoms with Crippen molar-refractivity contribution in [1.82, 2.24) is 29.7 Å². The average molecular weight is 324 g/mol. The summed E-state index contributed by atoms with van der Waals surface area (Å²) in [5.41, 5.74) is 0. The van der Waals surface area contributed by atoms with Gasteiger partial charge in [-0.2, -0.15) is 19.6 Å². The number of anilines is 2. The predicted molar refractivity (Wildman–Crippen MR) is 81.2 cm³/mol. The minimum absolute atomic E-state index is 0.141. The van der Waals surface area contributed by atoms with Crippen LogP contribution in [-0.2, 0) is 9.53 Å². The van der Waals surface area contributed by atoms with Crippen LogP contribution in [0.4, 0.5) is 11.9 Å². The first-order valence-electron chi connectivity index (χ1n) is 6.45. The van der Waals surface area contributed by atoms with Gasteiger partial charge in [0.2, 0.25) is 17.1 Å². The third kappa shape index (κ3) is 4.04. The summed E-state index contributed by atoms with van der Waals surface area (Å²) in [5.74, 6) is 0.986. The molecule has 2 rings (SSSR count). The van der Waals surface area contributed by atoms with Crippen molar-refractivity contribution in [3.8, 4) is 5.95 Å². The fourth-order valence-corrected chi connectivity index (χ4v) is 2.04. The molecule has 0 bridgehead atoms. The molecule has 0 aliphatic rings. The van der Waals surface area contributed by atoms with Gasteiger partial charge in [-0.25, -0.2) is 4.98 Å². The van der Waals surface area contributed by atoms with Crippen molar-refractivity contribution in [3.63, 3.8) is 0 Å². The zero-order chi connectivity index (χ0) is 15.9. The summed E-state index contributed by atoms with van der Waals surface area (Å²) in [4.78, 5) is 27.8. The molecule has 0 spiro atoms. The molecule has 11 heteroatoms. The van der Waals surface area contributed by atoms with E-state index < -0.39 is 0 Å². The van der Waals surface area contributed by atoms with Crippen molar-refractivity contribution in [2.45, 2.75) is 12.1 Å². The summed E-state index contributed by atoms with van der Waals surface area (Å²) in [7, 11) is 3.05. The topological polar surface area (TPSA) is 120 Å². The molecule has 2 heterocycles. The maximum absolute atomic E-state index is 11.1. The van der Waals surface area contributed by atoms with Gasteiger partial charge >= 0.3 is 5.97 Å². The molecule has 0 fully saturated rings. The van der Waals surface area contributed by atoms with Crippen molar-refractivity contribution in [2.24, 2.45) is 0 Å². The fraction of sp³-hybridized carbons (Fsp3) is 0.455. The van der Waals surface area contributed by atoms with Gasteiger partial charge in [0, 0.05) is 13.6 Å². The maximum atomic E-state index is 11.1. The molecule has 0 radical (unpaired) electrons. The van der Waals surface area contributed by atoms with E-state index in [0.29, 0.717) is 29.5 Å². The highest BCUT2D eigenvalue weighted by atomic mass is 32.2. The standard InChI is InChI=1S/C11H16N8O2S/c1-4-13-9-15-8(12-2)16-10(17-9)19-6-14-11(18-19)22-5-7(20)21-3/h6H,4-5H2,1-3H3,(H2,12,13,15,16,17). The lowest BCUT2D eigenvalue weighted by Gasteiger charge is -2.06. The van der Waals surface area contributed by atoms with Crippen molar-refractivity contribution in [2.75, 3.05) is 37.1 Å². The molecule has 0 aromatic carbocycles. The number of aromatic nitrogens is 6. The highest BCUT2D eigenvalue weighted by Gasteiger charge is 2.11. The van der Waals surface area contributed by atoms with Gasteiger partial charge in [-0.1, -0.05) is 11.8 Å². The molecule has 2 aromatic heterocycles. The smallest absolute Gasteiger partial charge is 0.316 e. The van der Waals surface area contributed by atoms with E-state index in [9.17, 15) is 4.79 Å². The maximum Gasteiger partial charge on any atom is 0.316 e. The van der Waals surface area contributed by atoms with Gasteiger partial charge in [-0.05, 0) is 6.92 Å². The zero-order valence-corrected chi connectivity index (χ0v) is 13.2. The molecule has 0 aliphatic carbocycles. The van der Waals surface area contributed by atoms with Crippen LogP contribution in [0.15, 0.2) is 11.5 Å². The zero-order valence-electron chi connectivity index (χ0n) is 12.4. The molecular weight excluding hydrogens is 308 g/mol. The highest BCUT2D eigenvalue weighted by Crippen LogP contribution is 2.14. The molecule has 0 aliphatic heterocycles. The number of esters is 1. The van der Waals surface area contributed by atoms with E-state index in [1.807, 2.05) is 6.92 Å². The summed E-state index contributed by atoms with van der Waals surface area (Å²) in [6.45, 7) is 2.63. The number of hydrogen-bond donors (Lipinski definition) is 2. The monoisotopic (exact) mass is 324 g/mol. The van der Waals surface area contributed by atoms with E-state index in [2.05, 4.69) is 40.4 Å². The Balaban J connectivity index is 2.19. The number of carbonyl (C=O) groups excluding carboxylic acids is 1. The van der Waals surface area contributed by atoms with Crippen LogP contribution in [0.2, 0.25) is 0 Å². The average Bonchev–Trinajstić information content (AvgIpc) is 3.01. The molecular formula is C11H16N8O2S. The summed E-state index contributed by atoms with van der Waals surface area (Å²) in [6.07, 6.45) is 1.48. The number of thioether (sulfide) groups is 1. The first kappa shape index (κ1) is 15.9. The molecule has 10 nitrogen and oxygen atoms in total. The number of rotatable bonds is 7. The van der Waals surface area contributed by atoms with Crippen LogP contribution in [0.3, 0.4) is 0 Å². The predicted octanol–water partition coefficient (Wildman–Crippen LogP) is 0.191. The van der Waals surface area contributed by atoms with Crippen LogP contribution in [0, 0.1) is 0 Å². The summed E-state index contributed by atoms with van der Waals surface area (Å²) in [6, 6.07) is 0. The largest absolute Gasteiger partial charge is 0.468 e. The molecule has 2 aromatic rings. The minimum atomic E-state index is -0.339. The van der Waals surface area contributed by atoms with Crippen molar-refractivity contribution in [3.05, 3.63) is 6.33 Å². The molecule has 118 valence electrons. The van der Waals surface area contributed by atoms with Crippen LogP contribution in [0.1, 0.15) is 6.92 Å². The van der Waals surface area contributed by atoms with Crippen LogP contribution < -0.4 is 10.6 Å². The third-order valence-corrected chi connectivity index (χ3v) is 3.23. The van der Waals surface area contributed by atoms with Gasteiger partial charge in [-0.3, -0.25) is 4.79 Å². The lowest BCUT2D eigenvalue weighted by molar-refractivity contribution is -0.137. The Morgan fingerprint density at radius 1 is 1.36 bits per heavy atom. The number of nitrogens with one attached hydrogen (secondary N) is 2. The van der Waals surface area contributed by atoms with E-state index in [1.165, 1.54) is 29.9 Å². The molecule has 0 unspecified atom stereocenters. The molecule has 0 amide bonds. The Morgan fingerprint density at radius 3 is 2.82 bits per heavy atom. The Bertz CT molecular complexity index is 647. The number of methoxy groups -OCH3 is 1.